The van der Waals surface area contributed by atoms with Gasteiger partial charge < -0.3 is 10.1 Å². The molecule has 0 bridgehead atoms. The van der Waals surface area contributed by atoms with Crippen LogP contribution in [0.15, 0.2) is 29.2 Å². The number of hydrogen-bond donors (Lipinski definition) is 1. The summed E-state index contributed by atoms with van der Waals surface area (Å²) in [7, 11) is 0. The van der Waals surface area contributed by atoms with Gasteiger partial charge in [-0.2, -0.15) is 0 Å². The van der Waals surface area contributed by atoms with Gasteiger partial charge in [0, 0.05) is 16.7 Å². The van der Waals surface area contributed by atoms with Gasteiger partial charge in [-0.15, -0.1) is 11.8 Å². The molecule has 1 N–H and O–H groups in total. The molecule has 0 saturated heterocycles. The average molecular weight is 311 g/mol. The zero-order valence-corrected chi connectivity index (χ0v) is 12.6. The predicted octanol–water partition coefficient (Wildman–Crippen LogP) is 2.52. The van der Waals surface area contributed by atoms with Crippen molar-refractivity contribution < 1.29 is 18.7 Å². The molecule has 1 aliphatic carbocycles. The van der Waals surface area contributed by atoms with E-state index in [-0.39, 0.29) is 24.2 Å². The molecule has 0 aliphatic heterocycles. The third-order valence-electron chi connectivity index (χ3n) is 2.99. The summed E-state index contributed by atoms with van der Waals surface area (Å²) in [4.78, 5) is 24.1. The third-order valence-corrected chi connectivity index (χ3v) is 4.00. The van der Waals surface area contributed by atoms with E-state index in [0.29, 0.717) is 5.75 Å². The molecule has 0 heterocycles. The number of esters is 1. The minimum atomic E-state index is -0.756. The van der Waals surface area contributed by atoms with Crippen molar-refractivity contribution >= 4 is 23.6 Å². The minimum Gasteiger partial charge on any atom is -0.453 e. The van der Waals surface area contributed by atoms with E-state index in [9.17, 15) is 14.0 Å². The molecule has 1 atom stereocenters. The Labute approximate surface area is 127 Å². The van der Waals surface area contributed by atoms with E-state index in [1.165, 1.54) is 23.9 Å². The standard InChI is InChI=1S/C15H18FNO3S/c1-10(15(19)17-12-4-5-12)20-14(18)8-9-21-13-6-2-11(16)3-7-13/h2-3,6-7,10,12H,4-5,8-9H2,1H3,(H,17,19)/t10-/m1/s1. The van der Waals surface area contributed by atoms with Gasteiger partial charge in [-0.1, -0.05) is 0 Å². The Morgan fingerprint density at radius 3 is 2.67 bits per heavy atom. The molecule has 2 rings (SSSR count). The number of ether oxygens (including phenoxy) is 1. The zero-order chi connectivity index (χ0) is 15.2. The second kappa shape index (κ2) is 7.45. The van der Waals surface area contributed by atoms with Crippen LogP contribution in [0.1, 0.15) is 26.2 Å². The maximum Gasteiger partial charge on any atom is 0.307 e. The quantitative estimate of drug-likeness (QED) is 0.621. The molecule has 0 aromatic heterocycles. The highest BCUT2D eigenvalue weighted by Crippen LogP contribution is 2.20. The van der Waals surface area contributed by atoms with Crippen LogP contribution >= 0.6 is 11.8 Å². The molecule has 0 spiro atoms. The van der Waals surface area contributed by atoms with Crippen LogP contribution in [0.5, 0.6) is 0 Å². The third kappa shape index (κ3) is 5.75. The fraction of sp³-hybridized carbons (Fsp3) is 0.467. The monoisotopic (exact) mass is 311 g/mol. The largest absolute Gasteiger partial charge is 0.453 e. The first-order valence-electron chi connectivity index (χ1n) is 6.93. The second-order valence-corrected chi connectivity index (χ2v) is 6.14. The van der Waals surface area contributed by atoms with Gasteiger partial charge in [0.25, 0.3) is 5.91 Å². The van der Waals surface area contributed by atoms with Crippen LogP contribution in [0.25, 0.3) is 0 Å². The highest BCUT2D eigenvalue weighted by molar-refractivity contribution is 7.99. The van der Waals surface area contributed by atoms with Crippen molar-refractivity contribution in [2.75, 3.05) is 5.75 Å². The van der Waals surface area contributed by atoms with Gasteiger partial charge >= 0.3 is 5.97 Å². The fourth-order valence-electron chi connectivity index (χ4n) is 1.64. The molecule has 114 valence electrons. The Balaban J connectivity index is 1.64. The summed E-state index contributed by atoms with van der Waals surface area (Å²) in [6.45, 7) is 1.57. The summed E-state index contributed by atoms with van der Waals surface area (Å²) in [6.07, 6.45) is 1.46. The van der Waals surface area contributed by atoms with Crippen molar-refractivity contribution in [3.8, 4) is 0 Å². The summed E-state index contributed by atoms with van der Waals surface area (Å²) in [5.41, 5.74) is 0. The topological polar surface area (TPSA) is 55.4 Å². The minimum absolute atomic E-state index is 0.211. The number of rotatable bonds is 7. The summed E-state index contributed by atoms with van der Waals surface area (Å²) in [6, 6.07) is 6.34. The van der Waals surface area contributed by atoms with Crippen molar-refractivity contribution in [3.63, 3.8) is 0 Å². The Kier molecular flexibility index (Phi) is 5.61. The first kappa shape index (κ1) is 15.8. The summed E-state index contributed by atoms with van der Waals surface area (Å²) in [5, 5.41) is 2.79. The zero-order valence-electron chi connectivity index (χ0n) is 11.8. The molecular formula is C15H18FNO3S. The number of thioether (sulfide) groups is 1. The summed E-state index contributed by atoms with van der Waals surface area (Å²) >= 11 is 1.45. The highest BCUT2D eigenvalue weighted by atomic mass is 32.2. The van der Waals surface area contributed by atoms with E-state index in [1.807, 2.05) is 0 Å². The molecule has 1 saturated carbocycles. The van der Waals surface area contributed by atoms with Gasteiger partial charge in [0.05, 0.1) is 6.42 Å². The molecule has 4 nitrogen and oxygen atoms in total. The number of carbonyl (C=O) groups is 2. The molecule has 1 amide bonds. The number of carbonyl (C=O) groups excluding carboxylic acids is 2. The number of halogens is 1. The lowest BCUT2D eigenvalue weighted by atomic mass is 10.3. The van der Waals surface area contributed by atoms with E-state index >= 15 is 0 Å². The molecule has 0 unspecified atom stereocenters. The van der Waals surface area contributed by atoms with Crippen molar-refractivity contribution in [1.29, 1.82) is 0 Å². The van der Waals surface area contributed by atoms with Crippen molar-refractivity contribution in [2.45, 2.75) is 43.2 Å². The van der Waals surface area contributed by atoms with Crippen LogP contribution in [-0.2, 0) is 14.3 Å². The van der Waals surface area contributed by atoms with E-state index in [2.05, 4.69) is 5.32 Å². The average Bonchev–Trinajstić information content (AvgIpc) is 3.25. The maximum atomic E-state index is 12.7. The van der Waals surface area contributed by atoms with Crippen LogP contribution < -0.4 is 5.32 Å². The van der Waals surface area contributed by atoms with E-state index in [1.54, 1.807) is 19.1 Å². The van der Waals surface area contributed by atoms with Crippen LogP contribution in [-0.4, -0.2) is 29.8 Å². The Morgan fingerprint density at radius 1 is 1.38 bits per heavy atom. The molecule has 0 radical (unpaired) electrons. The molecule has 1 aliphatic rings. The Bertz CT molecular complexity index is 502. The van der Waals surface area contributed by atoms with Gasteiger partial charge in [-0.25, -0.2) is 4.39 Å². The van der Waals surface area contributed by atoms with Gasteiger partial charge in [0.2, 0.25) is 0 Å². The number of benzene rings is 1. The molecule has 1 fully saturated rings. The second-order valence-electron chi connectivity index (χ2n) is 4.97. The van der Waals surface area contributed by atoms with Gasteiger partial charge in [-0.3, -0.25) is 9.59 Å². The maximum absolute atomic E-state index is 12.7. The predicted molar refractivity (Wildman–Crippen MR) is 78.5 cm³/mol. The van der Waals surface area contributed by atoms with E-state index in [4.69, 9.17) is 4.74 Å². The Morgan fingerprint density at radius 2 is 2.05 bits per heavy atom. The normalized spacial score (nSPS) is 15.3. The molecule has 1 aromatic carbocycles. The number of hydrogen-bond acceptors (Lipinski definition) is 4. The molecule has 21 heavy (non-hydrogen) atoms. The first-order valence-corrected chi connectivity index (χ1v) is 7.91. The lowest BCUT2D eigenvalue weighted by molar-refractivity contribution is -0.154. The van der Waals surface area contributed by atoms with Gasteiger partial charge in [0.1, 0.15) is 5.82 Å². The van der Waals surface area contributed by atoms with Gasteiger partial charge in [-0.05, 0) is 44.0 Å². The SMILES string of the molecule is C[C@@H](OC(=O)CCSc1ccc(F)cc1)C(=O)NC1CC1. The molecule has 6 heteroatoms. The van der Waals surface area contributed by atoms with Crippen molar-refractivity contribution in [1.82, 2.24) is 5.32 Å². The summed E-state index contributed by atoms with van der Waals surface area (Å²) in [5.74, 6) is -0.393. The van der Waals surface area contributed by atoms with Crippen LogP contribution in [0.2, 0.25) is 0 Å². The highest BCUT2D eigenvalue weighted by Gasteiger charge is 2.27. The Hall–Kier alpha value is -1.56. The van der Waals surface area contributed by atoms with E-state index < -0.39 is 12.1 Å². The van der Waals surface area contributed by atoms with Crippen molar-refractivity contribution in [3.05, 3.63) is 30.1 Å². The van der Waals surface area contributed by atoms with Crippen molar-refractivity contribution in [2.24, 2.45) is 0 Å². The lowest BCUT2D eigenvalue weighted by Gasteiger charge is -2.13. The number of amides is 1. The van der Waals surface area contributed by atoms with Crippen LogP contribution in [0, 0.1) is 5.82 Å². The first-order chi connectivity index (χ1) is 10.0. The summed E-state index contributed by atoms with van der Waals surface area (Å²) < 4.78 is 17.8. The molecule has 1 aromatic rings. The fourth-order valence-corrected chi connectivity index (χ4v) is 2.47. The van der Waals surface area contributed by atoms with Gasteiger partial charge in [0.15, 0.2) is 6.10 Å². The van der Waals surface area contributed by atoms with E-state index in [0.717, 1.165) is 17.7 Å². The van der Waals surface area contributed by atoms with Crippen LogP contribution in [0.3, 0.4) is 0 Å². The molecular weight excluding hydrogens is 293 g/mol. The smallest absolute Gasteiger partial charge is 0.307 e. The lowest BCUT2D eigenvalue weighted by Crippen LogP contribution is -2.37. The van der Waals surface area contributed by atoms with Crippen LogP contribution in [0.4, 0.5) is 4.39 Å². The number of nitrogens with one attached hydrogen (secondary N) is 1.